The highest BCUT2D eigenvalue weighted by molar-refractivity contribution is 6.16. The third kappa shape index (κ3) is 5.76. The molecule has 188 valence electrons. The van der Waals surface area contributed by atoms with Gasteiger partial charge in [0.15, 0.2) is 5.78 Å². The maximum atomic E-state index is 12.0. The van der Waals surface area contributed by atoms with E-state index < -0.39 is 29.8 Å². The van der Waals surface area contributed by atoms with Crippen LogP contribution in [0.15, 0.2) is 60.7 Å². The molecule has 0 aromatic heterocycles. The van der Waals surface area contributed by atoms with Gasteiger partial charge in [-0.25, -0.2) is 24.0 Å². The molecule has 10 nitrogen and oxygen atoms in total. The number of phenols is 1. The zero-order valence-electron chi connectivity index (χ0n) is 19.9. The average molecular weight is 504 g/mol. The Morgan fingerprint density at radius 2 is 1.08 bits per heavy atom. The predicted molar refractivity (Wildman–Crippen MR) is 127 cm³/mol. The Hall–Kier alpha value is -5.12. The molecule has 0 spiro atoms. The van der Waals surface area contributed by atoms with Crippen LogP contribution in [-0.2, 0) is 9.47 Å². The molecule has 3 aromatic rings. The molecule has 10 heteroatoms. The second-order valence-electron chi connectivity index (χ2n) is 7.31. The number of carbonyl (C=O) groups excluding carboxylic acids is 6. The fourth-order valence-electron chi connectivity index (χ4n) is 3.20. The Bertz CT molecular complexity index is 1430. The van der Waals surface area contributed by atoms with E-state index in [0.29, 0.717) is 5.56 Å². The second-order valence-corrected chi connectivity index (χ2v) is 7.31. The number of hydrogen-bond acceptors (Lipinski definition) is 10. The minimum absolute atomic E-state index is 0.0418. The molecule has 0 aliphatic carbocycles. The molecule has 0 atom stereocenters. The fraction of sp³-hybridized carbons (Fsp3) is 0.111. The summed E-state index contributed by atoms with van der Waals surface area (Å²) in [5.74, 6) is -3.39. The van der Waals surface area contributed by atoms with Crippen molar-refractivity contribution in [2.75, 3.05) is 0 Å². The molecular formula is C27H20O10. The summed E-state index contributed by atoms with van der Waals surface area (Å²) in [4.78, 5) is 67.8. The lowest BCUT2D eigenvalue weighted by atomic mass is 10.0. The van der Waals surface area contributed by atoms with E-state index in [1.54, 1.807) is 0 Å². The van der Waals surface area contributed by atoms with Crippen LogP contribution in [0.25, 0.3) is 0 Å². The summed E-state index contributed by atoms with van der Waals surface area (Å²) in [6.45, 7) is 5.39. The van der Waals surface area contributed by atoms with Gasteiger partial charge in [0, 0.05) is 5.56 Å². The summed E-state index contributed by atoms with van der Waals surface area (Å²) >= 11 is 0. The number of fused-ring (bicyclic) bond motifs is 2. The van der Waals surface area contributed by atoms with Crippen LogP contribution < -0.4 is 4.74 Å². The molecule has 0 radical (unpaired) electrons. The average Bonchev–Trinajstić information content (AvgIpc) is 3.35. The first-order valence-corrected chi connectivity index (χ1v) is 11.0. The maximum Gasteiger partial charge on any atom is 0.346 e. The SMILES string of the molecule is CC.CC(=O)c1ccc2c(c1)C(=O)OC2=O.O=C(Oc1ccc(O)cc1)c1ccc2c(c1)C(=O)OC2=O. The number of phenolic OH excluding ortho intramolecular Hbond substituents is 1. The van der Waals surface area contributed by atoms with E-state index in [0.717, 1.165) is 0 Å². The number of carbonyl (C=O) groups is 6. The number of Topliss-reactive ketones (excluding diaryl/α,β-unsaturated/α-hetero) is 1. The molecule has 2 heterocycles. The summed E-state index contributed by atoms with van der Waals surface area (Å²) in [5, 5.41) is 9.14. The number of esters is 5. The van der Waals surface area contributed by atoms with Crippen molar-refractivity contribution in [1.29, 1.82) is 0 Å². The molecule has 0 saturated carbocycles. The van der Waals surface area contributed by atoms with E-state index in [9.17, 15) is 28.8 Å². The Balaban J connectivity index is 0.000000207. The van der Waals surface area contributed by atoms with Gasteiger partial charge in [-0.1, -0.05) is 19.9 Å². The van der Waals surface area contributed by atoms with Gasteiger partial charge in [0.1, 0.15) is 11.5 Å². The molecule has 0 unspecified atom stereocenters. The normalized spacial score (nSPS) is 12.6. The molecule has 2 aliphatic rings. The van der Waals surface area contributed by atoms with Crippen LogP contribution in [0, 0.1) is 0 Å². The Morgan fingerprint density at radius 3 is 1.57 bits per heavy atom. The molecule has 5 rings (SSSR count). The quantitative estimate of drug-likeness (QED) is 0.238. The molecule has 3 aromatic carbocycles. The van der Waals surface area contributed by atoms with Gasteiger partial charge < -0.3 is 19.3 Å². The van der Waals surface area contributed by atoms with Crippen LogP contribution in [0.3, 0.4) is 0 Å². The lowest BCUT2D eigenvalue weighted by Gasteiger charge is -2.04. The highest BCUT2D eigenvalue weighted by Crippen LogP contribution is 2.23. The van der Waals surface area contributed by atoms with Crippen molar-refractivity contribution in [2.45, 2.75) is 20.8 Å². The van der Waals surface area contributed by atoms with Crippen LogP contribution in [-0.4, -0.2) is 40.7 Å². The zero-order valence-corrected chi connectivity index (χ0v) is 19.9. The first-order chi connectivity index (χ1) is 17.6. The number of benzene rings is 3. The van der Waals surface area contributed by atoms with Crippen molar-refractivity contribution >= 4 is 35.6 Å². The van der Waals surface area contributed by atoms with Crippen molar-refractivity contribution in [2.24, 2.45) is 0 Å². The maximum absolute atomic E-state index is 12.0. The van der Waals surface area contributed by atoms with Gasteiger partial charge in [-0.2, -0.15) is 0 Å². The molecule has 0 amide bonds. The molecule has 2 aliphatic heterocycles. The lowest BCUT2D eigenvalue weighted by molar-refractivity contribution is 0.0425. The predicted octanol–water partition coefficient (Wildman–Crippen LogP) is 4.15. The standard InChI is InChI=1S/C15H8O6.C10H6O4.C2H6/c16-9-2-4-10(5-3-9)20-13(17)8-1-6-11-12(7-8)15(19)21-14(11)18;1-5(11)6-2-3-7-8(4-6)10(13)14-9(7)12;1-2/h1-7,16H;2-4H,1H3;1-2H3. The van der Waals surface area contributed by atoms with Gasteiger partial charge >= 0.3 is 29.8 Å². The molecule has 0 fully saturated rings. The second kappa shape index (κ2) is 11.1. The molecule has 0 saturated heterocycles. The largest absolute Gasteiger partial charge is 0.508 e. The summed E-state index contributed by atoms with van der Waals surface area (Å²) in [7, 11) is 0. The van der Waals surface area contributed by atoms with E-state index in [2.05, 4.69) is 9.47 Å². The van der Waals surface area contributed by atoms with Gasteiger partial charge in [0.25, 0.3) is 0 Å². The van der Waals surface area contributed by atoms with Gasteiger partial charge in [0.2, 0.25) is 0 Å². The highest BCUT2D eigenvalue weighted by Gasteiger charge is 2.31. The van der Waals surface area contributed by atoms with Crippen molar-refractivity contribution < 1.29 is 48.1 Å². The molecule has 37 heavy (non-hydrogen) atoms. The van der Waals surface area contributed by atoms with Crippen LogP contribution in [0.5, 0.6) is 11.5 Å². The Morgan fingerprint density at radius 1 is 0.649 bits per heavy atom. The Kier molecular flexibility index (Phi) is 7.93. The number of ketones is 1. The number of rotatable bonds is 3. The summed E-state index contributed by atoms with van der Waals surface area (Å²) in [6, 6.07) is 13.9. The molecule has 1 N–H and O–H groups in total. The number of cyclic esters (lactones) is 4. The van der Waals surface area contributed by atoms with Crippen LogP contribution in [0.1, 0.15) is 82.9 Å². The van der Waals surface area contributed by atoms with E-state index in [-0.39, 0.29) is 45.1 Å². The molecular weight excluding hydrogens is 484 g/mol. The topological polar surface area (TPSA) is 150 Å². The fourth-order valence-corrected chi connectivity index (χ4v) is 3.20. The highest BCUT2D eigenvalue weighted by atomic mass is 16.6. The minimum atomic E-state index is -0.783. The van der Waals surface area contributed by atoms with Crippen molar-refractivity contribution in [1.82, 2.24) is 0 Å². The van der Waals surface area contributed by atoms with E-state index in [1.165, 1.54) is 67.6 Å². The number of ether oxygens (including phenoxy) is 3. The van der Waals surface area contributed by atoms with Gasteiger partial charge in [-0.05, 0) is 61.5 Å². The van der Waals surface area contributed by atoms with E-state index in [4.69, 9.17) is 9.84 Å². The summed E-state index contributed by atoms with van der Waals surface area (Å²) in [5.41, 5.74) is 1.08. The van der Waals surface area contributed by atoms with Crippen molar-refractivity contribution in [3.05, 3.63) is 94.0 Å². The lowest BCUT2D eigenvalue weighted by Crippen LogP contribution is -2.09. The van der Waals surface area contributed by atoms with Crippen LogP contribution in [0.4, 0.5) is 0 Å². The third-order valence-corrected chi connectivity index (χ3v) is 4.98. The Labute approximate surface area is 210 Å². The van der Waals surface area contributed by atoms with Crippen molar-refractivity contribution in [3.8, 4) is 11.5 Å². The monoisotopic (exact) mass is 504 g/mol. The smallest absolute Gasteiger partial charge is 0.346 e. The molecule has 0 bridgehead atoms. The van der Waals surface area contributed by atoms with Gasteiger partial charge in [-0.15, -0.1) is 0 Å². The number of hydrogen-bond donors (Lipinski definition) is 1. The summed E-state index contributed by atoms with van der Waals surface area (Å²) in [6.07, 6.45) is 0. The summed E-state index contributed by atoms with van der Waals surface area (Å²) < 4.78 is 13.9. The minimum Gasteiger partial charge on any atom is -0.508 e. The van der Waals surface area contributed by atoms with Crippen molar-refractivity contribution in [3.63, 3.8) is 0 Å². The third-order valence-electron chi connectivity index (χ3n) is 4.98. The van der Waals surface area contributed by atoms with E-state index >= 15 is 0 Å². The van der Waals surface area contributed by atoms with Crippen LogP contribution >= 0.6 is 0 Å². The first kappa shape index (κ1) is 26.5. The van der Waals surface area contributed by atoms with Gasteiger partial charge in [0.05, 0.1) is 27.8 Å². The van der Waals surface area contributed by atoms with Gasteiger partial charge in [-0.3, -0.25) is 4.79 Å². The van der Waals surface area contributed by atoms with E-state index in [1.807, 2.05) is 13.8 Å². The van der Waals surface area contributed by atoms with Crippen LogP contribution in [0.2, 0.25) is 0 Å². The number of aromatic hydroxyl groups is 1. The zero-order chi connectivity index (χ0) is 27.3. The first-order valence-electron chi connectivity index (χ1n) is 11.0.